The summed E-state index contributed by atoms with van der Waals surface area (Å²) in [6, 6.07) is 4.71. The molecule has 0 aliphatic carbocycles. The molecule has 0 saturated heterocycles. The summed E-state index contributed by atoms with van der Waals surface area (Å²) in [4.78, 5) is 0. The first-order valence-electron chi connectivity index (χ1n) is 3.98. The quantitative estimate of drug-likeness (QED) is 0.814. The predicted molar refractivity (Wildman–Crippen MR) is 49.2 cm³/mol. The molecule has 0 atom stereocenters. The molecule has 0 aromatic heterocycles. The number of methoxy groups -OCH3 is 1. The molecule has 0 unspecified atom stereocenters. The molecule has 0 aliphatic rings. The molecule has 0 spiro atoms. The van der Waals surface area contributed by atoms with Crippen molar-refractivity contribution in [3.63, 3.8) is 0 Å². The molecular formula is C9H11F2NO2. The molecular weight excluding hydrogens is 192 g/mol. The number of hydrogen-bond donors (Lipinski definition) is 1. The first-order valence-corrected chi connectivity index (χ1v) is 3.98. The van der Waals surface area contributed by atoms with Crippen molar-refractivity contribution in [2.75, 3.05) is 19.5 Å². The van der Waals surface area contributed by atoms with E-state index in [-0.39, 0.29) is 11.5 Å². The van der Waals surface area contributed by atoms with E-state index in [1.165, 1.54) is 13.2 Å². The summed E-state index contributed by atoms with van der Waals surface area (Å²) in [6.45, 7) is -2.85. The molecule has 0 radical (unpaired) electrons. The zero-order valence-electron chi connectivity index (χ0n) is 7.88. The highest BCUT2D eigenvalue weighted by atomic mass is 19.3. The van der Waals surface area contributed by atoms with Gasteiger partial charge in [-0.15, -0.1) is 0 Å². The van der Waals surface area contributed by atoms with Crippen LogP contribution in [0.5, 0.6) is 11.5 Å². The van der Waals surface area contributed by atoms with Crippen LogP contribution in [0.15, 0.2) is 18.2 Å². The molecule has 1 rings (SSSR count). The van der Waals surface area contributed by atoms with Crippen molar-refractivity contribution in [1.82, 2.24) is 0 Å². The molecule has 0 bridgehead atoms. The lowest BCUT2D eigenvalue weighted by Crippen LogP contribution is -2.04. The second-order valence-corrected chi connectivity index (χ2v) is 2.49. The van der Waals surface area contributed by atoms with Gasteiger partial charge >= 0.3 is 6.61 Å². The van der Waals surface area contributed by atoms with Gasteiger partial charge in [0.05, 0.1) is 7.11 Å². The minimum absolute atomic E-state index is 0.0225. The number of ether oxygens (including phenoxy) is 2. The molecule has 0 saturated carbocycles. The van der Waals surface area contributed by atoms with Crippen LogP contribution >= 0.6 is 0 Å². The van der Waals surface area contributed by atoms with Crippen LogP contribution in [0.2, 0.25) is 0 Å². The molecule has 5 heteroatoms. The Labute approximate surface area is 80.6 Å². The van der Waals surface area contributed by atoms with Crippen molar-refractivity contribution in [3.05, 3.63) is 18.2 Å². The van der Waals surface area contributed by atoms with Gasteiger partial charge in [-0.2, -0.15) is 8.78 Å². The summed E-state index contributed by atoms with van der Waals surface area (Å²) in [7, 11) is 3.08. The summed E-state index contributed by atoms with van der Waals surface area (Å²) in [5.41, 5.74) is 0.682. The van der Waals surface area contributed by atoms with Gasteiger partial charge in [0.15, 0.2) is 11.5 Å². The van der Waals surface area contributed by atoms with Gasteiger partial charge in [-0.1, -0.05) is 0 Å². The fraction of sp³-hybridized carbons (Fsp3) is 0.333. The number of nitrogens with one attached hydrogen (secondary N) is 1. The number of halogens is 2. The second kappa shape index (κ2) is 4.64. The number of hydrogen-bond acceptors (Lipinski definition) is 3. The first-order chi connectivity index (χ1) is 6.67. The smallest absolute Gasteiger partial charge is 0.387 e. The van der Waals surface area contributed by atoms with E-state index in [1.54, 1.807) is 19.2 Å². The van der Waals surface area contributed by atoms with Crippen molar-refractivity contribution in [2.45, 2.75) is 6.61 Å². The Bertz CT molecular complexity index is 305. The van der Waals surface area contributed by atoms with Crippen molar-refractivity contribution >= 4 is 5.69 Å². The molecule has 78 valence electrons. The highest BCUT2D eigenvalue weighted by molar-refractivity contribution is 5.54. The van der Waals surface area contributed by atoms with E-state index < -0.39 is 6.61 Å². The molecule has 0 heterocycles. The summed E-state index contributed by atoms with van der Waals surface area (Å²) < 4.78 is 33.1. The Morgan fingerprint density at radius 3 is 2.50 bits per heavy atom. The molecule has 3 nitrogen and oxygen atoms in total. The number of rotatable bonds is 4. The highest BCUT2D eigenvalue weighted by Crippen LogP contribution is 2.31. The Balaban J connectivity index is 2.96. The average Bonchev–Trinajstić information content (AvgIpc) is 2.16. The fourth-order valence-electron chi connectivity index (χ4n) is 1.02. The molecule has 1 aromatic carbocycles. The maximum absolute atomic E-state index is 12.0. The van der Waals surface area contributed by atoms with Gasteiger partial charge in [0.2, 0.25) is 0 Å². The number of alkyl halides is 2. The fourth-order valence-corrected chi connectivity index (χ4v) is 1.02. The van der Waals surface area contributed by atoms with Gasteiger partial charge in [0.1, 0.15) is 0 Å². The van der Waals surface area contributed by atoms with Gasteiger partial charge in [-0.05, 0) is 12.1 Å². The topological polar surface area (TPSA) is 30.5 Å². The van der Waals surface area contributed by atoms with Crippen LogP contribution in [0, 0.1) is 0 Å². The summed E-state index contributed by atoms with van der Waals surface area (Å²) in [6.07, 6.45) is 0. The SMILES string of the molecule is CNc1ccc(OC)c(OC(F)F)c1. The van der Waals surface area contributed by atoms with Crippen LogP contribution in [0.25, 0.3) is 0 Å². The van der Waals surface area contributed by atoms with Gasteiger partial charge in [0, 0.05) is 18.8 Å². The van der Waals surface area contributed by atoms with E-state index in [1.807, 2.05) is 0 Å². The predicted octanol–water partition coefficient (Wildman–Crippen LogP) is 2.34. The largest absolute Gasteiger partial charge is 0.493 e. The van der Waals surface area contributed by atoms with Crippen LogP contribution in [0.3, 0.4) is 0 Å². The maximum atomic E-state index is 12.0. The normalized spacial score (nSPS) is 10.1. The lowest BCUT2D eigenvalue weighted by Gasteiger charge is -2.11. The third-order valence-corrected chi connectivity index (χ3v) is 1.67. The van der Waals surface area contributed by atoms with E-state index in [4.69, 9.17) is 4.74 Å². The second-order valence-electron chi connectivity index (χ2n) is 2.49. The van der Waals surface area contributed by atoms with E-state index in [0.29, 0.717) is 5.69 Å². The molecule has 1 N–H and O–H groups in total. The lowest BCUT2D eigenvalue weighted by atomic mass is 10.3. The van der Waals surface area contributed by atoms with Crippen LogP contribution < -0.4 is 14.8 Å². The summed E-state index contributed by atoms with van der Waals surface area (Å²) in [5.74, 6) is 0.304. The molecule has 0 fully saturated rings. The van der Waals surface area contributed by atoms with Gasteiger partial charge < -0.3 is 14.8 Å². The Hall–Kier alpha value is -1.52. The molecule has 0 aliphatic heterocycles. The maximum Gasteiger partial charge on any atom is 0.387 e. The van der Waals surface area contributed by atoms with Crippen LogP contribution in [0.1, 0.15) is 0 Å². The van der Waals surface area contributed by atoms with Gasteiger partial charge in [0.25, 0.3) is 0 Å². The third-order valence-electron chi connectivity index (χ3n) is 1.67. The van der Waals surface area contributed by atoms with Crippen molar-refractivity contribution in [2.24, 2.45) is 0 Å². The monoisotopic (exact) mass is 203 g/mol. The minimum atomic E-state index is -2.85. The zero-order chi connectivity index (χ0) is 10.6. The Kier molecular flexibility index (Phi) is 3.50. The van der Waals surface area contributed by atoms with Gasteiger partial charge in [-0.25, -0.2) is 0 Å². The third kappa shape index (κ3) is 2.48. The number of anilines is 1. The standard InChI is InChI=1S/C9H11F2NO2/c1-12-6-3-4-7(13-2)8(5-6)14-9(10)11/h3-5,9,12H,1-2H3. The Morgan fingerprint density at radius 2 is 2.00 bits per heavy atom. The van der Waals surface area contributed by atoms with E-state index >= 15 is 0 Å². The summed E-state index contributed by atoms with van der Waals surface area (Å²) in [5, 5.41) is 2.81. The van der Waals surface area contributed by atoms with Crippen LogP contribution in [0.4, 0.5) is 14.5 Å². The van der Waals surface area contributed by atoms with Crippen LogP contribution in [-0.4, -0.2) is 20.8 Å². The van der Waals surface area contributed by atoms with Gasteiger partial charge in [-0.3, -0.25) is 0 Å². The molecule has 1 aromatic rings. The van der Waals surface area contributed by atoms with E-state index in [2.05, 4.69) is 10.1 Å². The van der Waals surface area contributed by atoms with E-state index in [0.717, 1.165) is 0 Å². The minimum Gasteiger partial charge on any atom is -0.493 e. The highest BCUT2D eigenvalue weighted by Gasteiger charge is 2.10. The molecule has 14 heavy (non-hydrogen) atoms. The zero-order valence-corrected chi connectivity index (χ0v) is 7.88. The average molecular weight is 203 g/mol. The number of benzene rings is 1. The summed E-state index contributed by atoms with van der Waals surface area (Å²) >= 11 is 0. The van der Waals surface area contributed by atoms with Crippen molar-refractivity contribution in [1.29, 1.82) is 0 Å². The van der Waals surface area contributed by atoms with E-state index in [9.17, 15) is 8.78 Å². The molecule has 0 amide bonds. The van der Waals surface area contributed by atoms with Crippen molar-refractivity contribution < 1.29 is 18.3 Å². The lowest BCUT2D eigenvalue weighted by molar-refractivity contribution is -0.0511. The first kappa shape index (κ1) is 10.6. The van der Waals surface area contributed by atoms with Crippen molar-refractivity contribution in [3.8, 4) is 11.5 Å². The Morgan fingerprint density at radius 1 is 1.29 bits per heavy atom. The van der Waals surface area contributed by atoms with Crippen LogP contribution in [-0.2, 0) is 0 Å².